The van der Waals surface area contributed by atoms with Crippen molar-refractivity contribution in [3.63, 3.8) is 0 Å². The van der Waals surface area contributed by atoms with Gasteiger partial charge in [0.05, 0.1) is 34.4 Å². The molecular weight excluding hydrogens is 420 g/mol. The van der Waals surface area contributed by atoms with Crippen LogP contribution < -0.4 is 14.8 Å². The third-order valence-corrected chi connectivity index (χ3v) is 5.16. The van der Waals surface area contributed by atoms with Crippen LogP contribution in [0.25, 0.3) is 10.6 Å². The Morgan fingerprint density at radius 3 is 2.55 bits per heavy atom. The number of aromatic amines is 1. The number of amides is 1. The lowest BCUT2D eigenvalue weighted by Crippen LogP contribution is -2.12. The second-order valence-corrected chi connectivity index (χ2v) is 7.30. The van der Waals surface area contributed by atoms with E-state index in [2.05, 4.69) is 15.5 Å². The van der Waals surface area contributed by atoms with Crippen molar-refractivity contribution < 1.29 is 19.2 Å². The molecule has 0 aliphatic heterocycles. The molecule has 156 valence electrons. The van der Waals surface area contributed by atoms with E-state index < -0.39 is 10.8 Å². The van der Waals surface area contributed by atoms with Gasteiger partial charge in [0.1, 0.15) is 17.2 Å². The second-order valence-electron chi connectivity index (χ2n) is 6.35. The zero-order valence-electron chi connectivity index (χ0n) is 16.2. The van der Waals surface area contributed by atoms with Crippen LogP contribution in [0.5, 0.6) is 17.2 Å². The van der Waals surface area contributed by atoms with Crippen molar-refractivity contribution in [2.24, 2.45) is 0 Å². The SMILES string of the molecule is COc1ccc(Oc2cc(NC(=O)c3cc(-c4cccs4)[nH]n3)cc([N+](=O)[O-])c2)cc1. The molecule has 2 N–H and O–H groups in total. The van der Waals surface area contributed by atoms with Crippen molar-refractivity contribution in [1.29, 1.82) is 0 Å². The van der Waals surface area contributed by atoms with E-state index in [0.717, 1.165) is 4.88 Å². The van der Waals surface area contributed by atoms with Gasteiger partial charge in [0.15, 0.2) is 5.69 Å². The molecule has 0 radical (unpaired) electrons. The third kappa shape index (κ3) is 4.70. The average Bonchev–Trinajstić information content (AvgIpc) is 3.46. The van der Waals surface area contributed by atoms with Crippen molar-refractivity contribution in [1.82, 2.24) is 10.2 Å². The van der Waals surface area contributed by atoms with E-state index in [4.69, 9.17) is 9.47 Å². The molecule has 0 aliphatic carbocycles. The number of aromatic nitrogens is 2. The summed E-state index contributed by atoms with van der Waals surface area (Å²) in [7, 11) is 1.55. The molecule has 2 aromatic heterocycles. The van der Waals surface area contributed by atoms with Gasteiger partial charge in [0.2, 0.25) is 0 Å². The summed E-state index contributed by atoms with van der Waals surface area (Å²) in [5.74, 6) is 0.817. The van der Waals surface area contributed by atoms with Gasteiger partial charge in [-0.25, -0.2) is 0 Å². The molecule has 2 heterocycles. The normalized spacial score (nSPS) is 10.5. The topological polar surface area (TPSA) is 119 Å². The molecule has 2 aromatic carbocycles. The Labute approximate surface area is 180 Å². The summed E-state index contributed by atoms with van der Waals surface area (Å²) < 4.78 is 10.8. The summed E-state index contributed by atoms with van der Waals surface area (Å²) >= 11 is 1.51. The molecule has 1 amide bonds. The number of benzene rings is 2. The highest BCUT2D eigenvalue weighted by Gasteiger charge is 2.16. The van der Waals surface area contributed by atoms with E-state index in [1.165, 1.54) is 29.5 Å². The van der Waals surface area contributed by atoms with Crippen molar-refractivity contribution in [3.05, 3.63) is 81.9 Å². The number of nitrogens with one attached hydrogen (secondary N) is 2. The first-order valence-electron chi connectivity index (χ1n) is 9.04. The Bertz CT molecular complexity index is 1220. The minimum atomic E-state index is -0.556. The number of nitro benzene ring substituents is 1. The second kappa shape index (κ2) is 8.67. The summed E-state index contributed by atoms with van der Waals surface area (Å²) in [6, 6.07) is 16.2. The maximum absolute atomic E-state index is 12.6. The first-order valence-corrected chi connectivity index (χ1v) is 9.92. The quantitative estimate of drug-likeness (QED) is 0.307. The molecule has 0 spiro atoms. The van der Waals surface area contributed by atoms with E-state index in [0.29, 0.717) is 17.2 Å². The summed E-state index contributed by atoms with van der Waals surface area (Å²) in [5.41, 5.74) is 0.862. The van der Waals surface area contributed by atoms with Gasteiger partial charge in [0.25, 0.3) is 11.6 Å². The van der Waals surface area contributed by atoms with Crippen LogP contribution in [0.2, 0.25) is 0 Å². The Hall–Kier alpha value is -4.18. The summed E-state index contributed by atoms with van der Waals surface area (Å²) in [5, 5.41) is 22.7. The predicted molar refractivity (Wildman–Crippen MR) is 116 cm³/mol. The zero-order valence-corrected chi connectivity index (χ0v) is 17.0. The lowest BCUT2D eigenvalue weighted by Gasteiger charge is -2.09. The number of hydrogen-bond acceptors (Lipinski definition) is 7. The van der Waals surface area contributed by atoms with Gasteiger partial charge >= 0.3 is 0 Å². The van der Waals surface area contributed by atoms with Crippen molar-refractivity contribution in [3.8, 4) is 27.8 Å². The highest BCUT2D eigenvalue weighted by Crippen LogP contribution is 2.31. The number of H-pyrrole nitrogens is 1. The minimum Gasteiger partial charge on any atom is -0.497 e. The largest absolute Gasteiger partial charge is 0.497 e. The van der Waals surface area contributed by atoms with E-state index in [1.807, 2.05) is 17.5 Å². The molecule has 0 bridgehead atoms. The van der Waals surface area contributed by atoms with Crippen LogP contribution in [0.1, 0.15) is 10.5 Å². The van der Waals surface area contributed by atoms with E-state index >= 15 is 0 Å². The van der Waals surface area contributed by atoms with Gasteiger partial charge in [-0.15, -0.1) is 11.3 Å². The highest BCUT2D eigenvalue weighted by molar-refractivity contribution is 7.13. The lowest BCUT2D eigenvalue weighted by atomic mass is 10.2. The van der Waals surface area contributed by atoms with Crippen molar-refractivity contribution >= 4 is 28.6 Å². The molecule has 31 heavy (non-hydrogen) atoms. The average molecular weight is 436 g/mol. The van der Waals surface area contributed by atoms with Gasteiger partial charge < -0.3 is 14.8 Å². The smallest absolute Gasteiger partial charge is 0.276 e. The molecular formula is C21H16N4O5S. The molecule has 0 unspecified atom stereocenters. The summed E-state index contributed by atoms with van der Waals surface area (Å²) in [4.78, 5) is 24.3. The number of nitrogens with zero attached hydrogens (tertiary/aromatic N) is 2. The van der Waals surface area contributed by atoms with Crippen molar-refractivity contribution in [2.75, 3.05) is 12.4 Å². The maximum Gasteiger partial charge on any atom is 0.276 e. The van der Waals surface area contributed by atoms with E-state index in [9.17, 15) is 14.9 Å². The molecule has 4 aromatic rings. The lowest BCUT2D eigenvalue weighted by molar-refractivity contribution is -0.384. The number of ether oxygens (including phenoxy) is 2. The van der Waals surface area contributed by atoms with Crippen LogP contribution in [-0.2, 0) is 0 Å². The first kappa shape index (κ1) is 20.1. The van der Waals surface area contributed by atoms with E-state index in [-0.39, 0.29) is 22.8 Å². The highest BCUT2D eigenvalue weighted by atomic mass is 32.1. The Kier molecular flexibility index (Phi) is 5.63. The number of carbonyl (C=O) groups is 1. The molecule has 9 nitrogen and oxygen atoms in total. The first-order chi connectivity index (χ1) is 15.0. The Balaban J connectivity index is 1.55. The number of anilines is 1. The van der Waals surface area contributed by atoms with Gasteiger partial charge in [0, 0.05) is 12.1 Å². The van der Waals surface area contributed by atoms with Crippen LogP contribution in [0.3, 0.4) is 0 Å². The summed E-state index contributed by atoms with van der Waals surface area (Å²) in [6.45, 7) is 0. The number of thiophene rings is 1. The van der Waals surface area contributed by atoms with Crippen LogP contribution in [0.15, 0.2) is 66.0 Å². The number of rotatable bonds is 7. The number of nitro groups is 1. The minimum absolute atomic E-state index is 0.160. The molecule has 10 heteroatoms. The fourth-order valence-electron chi connectivity index (χ4n) is 2.79. The third-order valence-electron chi connectivity index (χ3n) is 4.25. The van der Waals surface area contributed by atoms with Crippen LogP contribution >= 0.6 is 11.3 Å². The van der Waals surface area contributed by atoms with E-state index in [1.54, 1.807) is 37.4 Å². The molecule has 0 atom stereocenters. The summed E-state index contributed by atoms with van der Waals surface area (Å²) in [6.07, 6.45) is 0. The maximum atomic E-state index is 12.6. The van der Waals surface area contributed by atoms with Gasteiger partial charge in [-0.3, -0.25) is 20.0 Å². The monoisotopic (exact) mass is 436 g/mol. The van der Waals surface area contributed by atoms with Crippen molar-refractivity contribution in [2.45, 2.75) is 0 Å². The predicted octanol–water partition coefficient (Wildman–Crippen LogP) is 5.10. The molecule has 0 saturated carbocycles. The number of non-ortho nitro benzene ring substituents is 1. The number of carbonyl (C=O) groups excluding carboxylic acids is 1. The number of hydrogen-bond donors (Lipinski definition) is 2. The zero-order chi connectivity index (χ0) is 21.8. The molecule has 0 fully saturated rings. The number of methoxy groups -OCH3 is 1. The van der Waals surface area contributed by atoms with Gasteiger partial charge in [-0.1, -0.05) is 6.07 Å². The van der Waals surface area contributed by atoms with Crippen LogP contribution in [-0.4, -0.2) is 28.1 Å². The fourth-order valence-corrected chi connectivity index (χ4v) is 3.48. The molecule has 4 rings (SSSR count). The molecule has 0 saturated heterocycles. The Morgan fingerprint density at radius 1 is 1.10 bits per heavy atom. The Morgan fingerprint density at radius 2 is 1.87 bits per heavy atom. The van der Waals surface area contributed by atoms with Crippen LogP contribution in [0.4, 0.5) is 11.4 Å². The van der Waals surface area contributed by atoms with Gasteiger partial charge in [-0.2, -0.15) is 5.10 Å². The fraction of sp³-hybridized carbons (Fsp3) is 0.0476. The standard InChI is InChI=1S/C21H16N4O5S/c1-29-15-4-6-16(7-5-15)30-17-10-13(9-14(11-17)25(27)28)22-21(26)19-12-18(23-24-19)20-3-2-8-31-20/h2-12H,1H3,(H,22,26)(H,23,24). The molecule has 0 aliphatic rings. The van der Waals surface area contributed by atoms with Crippen LogP contribution in [0, 0.1) is 10.1 Å². The van der Waals surface area contributed by atoms with Gasteiger partial charge in [-0.05, 0) is 41.8 Å².